The number of hydrogen-bond acceptors (Lipinski definition) is 4. The lowest BCUT2D eigenvalue weighted by Gasteiger charge is -2.33. The van der Waals surface area contributed by atoms with Crippen LogP contribution in [0.4, 0.5) is 4.79 Å². The molecule has 0 aromatic rings. The molecule has 2 rings (SSSR count). The molecule has 5 heteroatoms. The summed E-state index contributed by atoms with van der Waals surface area (Å²) < 4.78 is 11.4. The van der Waals surface area contributed by atoms with Crippen molar-refractivity contribution in [3.05, 3.63) is 0 Å². The SMILES string of the molecule is CC(C)(C)OC(=O)NCC1CCCN(CCOC2CCCCCC2)C1. The number of likely N-dealkylation sites (tertiary alicyclic amines) is 1. The molecule has 1 heterocycles. The van der Waals surface area contributed by atoms with Crippen molar-refractivity contribution in [2.45, 2.75) is 83.8 Å². The molecule has 0 spiro atoms. The van der Waals surface area contributed by atoms with Gasteiger partial charge in [0.25, 0.3) is 0 Å². The third-order valence-electron chi connectivity index (χ3n) is 5.10. The van der Waals surface area contributed by atoms with E-state index in [-0.39, 0.29) is 6.09 Å². The van der Waals surface area contributed by atoms with Gasteiger partial charge in [-0.05, 0) is 58.9 Å². The van der Waals surface area contributed by atoms with Crippen molar-refractivity contribution in [3.63, 3.8) is 0 Å². The molecule has 1 amide bonds. The van der Waals surface area contributed by atoms with Crippen molar-refractivity contribution in [2.75, 3.05) is 32.8 Å². The van der Waals surface area contributed by atoms with Crippen LogP contribution in [0.2, 0.25) is 0 Å². The van der Waals surface area contributed by atoms with Gasteiger partial charge in [0.2, 0.25) is 0 Å². The minimum Gasteiger partial charge on any atom is -0.444 e. The second-order valence-corrected chi connectivity index (χ2v) is 8.68. The normalized spacial score (nSPS) is 23.9. The maximum atomic E-state index is 11.8. The highest BCUT2D eigenvalue weighted by atomic mass is 16.6. The first kappa shape index (κ1) is 20.5. The highest BCUT2D eigenvalue weighted by molar-refractivity contribution is 5.67. The number of piperidine rings is 1. The van der Waals surface area contributed by atoms with Crippen molar-refractivity contribution in [1.29, 1.82) is 0 Å². The Hall–Kier alpha value is -0.810. The van der Waals surface area contributed by atoms with Gasteiger partial charge in [-0.25, -0.2) is 4.79 Å². The summed E-state index contributed by atoms with van der Waals surface area (Å²) in [5, 5.41) is 2.93. The molecule has 1 aliphatic carbocycles. The van der Waals surface area contributed by atoms with Crippen LogP contribution in [0.3, 0.4) is 0 Å². The summed E-state index contributed by atoms with van der Waals surface area (Å²) in [4.78, 5) is 14.3. The van der Waals surface area contributed by atoms with Crippen LogP contribution in [0.15, 0.2) is 0 Å². The Labute approximate surface area is 153 Å². The van der Waals surface area contributed by atoms with Crippen LogP contribution in [0, 0.1) is 5.92 Å². The topological polar surface area (TPSA) is 50.8 Å². The summed E-state index contributed by atoms with van der Waals surface area (Å²) in [6, 6.07) is 0. The molecule has 2 fully saturated rings. The number of amides is 1. The molecule has 0 bridgehead atoms. The number of carbonyl (C=O) groups is 1. The number of alkyl carbamates (subject to hydrolysis) is 1. The number of nitrogens with zero attached hydrogens (tertiary/aromatic N) is 1. The Balaban J connectivity index is 1.60. The molecule has 1 saturated carbocycles. The monoisotopic (exact) mass is 354 g/mol. The van der Waals surface area contributed by atoms with Crippen LogP contribution in [-0.2, 0) is 9.47 Å². The van der Waals surface area contributed by atoms with E-state index in [0.717, 1.165) is 26.2 Å². The first-order chi connectivity index (χ1) is 11.9. The van der Waals surface area contributed by atoms with Gasteiger partial charge < -0.3 is 19.7 Å². The van der Waals surface area contributed by atoms with Crippen LogP contribution >= 0.6 is 0 Å². The summed E-state index contributed by atoms with van der Waals surface area (Å²) in [6.45, 7) is 10.4. The zero-order valence-corrected chi connectivity index (χ0v) is 16.5. The number of carbonyl (C=O) groups excluding carboxylic acids is 1. The molecule has 0 radical (unpaired) electrons. The minimum absolute atomic E-state index is 0.304. The van der Waals surface area contributed by atoms with Crippen molar-refractivity contribution in [1.82, 2.24) is 10.2 Å². The van der Waals surface area contributed by atoms with Crippen molar-refractivity contribution in [2.24, 2.45) is 5.92 Å². The zero-order chi connectivity index (χ0) is 18.1. The quantitative estimate of drug-likeness (QED) is 0.734. The maximum absolute atomic E-state index is 11.8. The van der Waals surface area contributed by atoms with Gasteiger partial charge in [-0.3, -0.25) is 0 Å². The predicted molar refractivity (Wildman–Crippen MR) is 101 cm³/mol. The van der Waals surface area contributed by atoms with Crippen LogP contribution in [0.5, 0.6) is 0 Å². The fourth-order valence-corrected chi connectivity index (χ4v) is 3.82. The molecule has 25 heavy (non-hydrogen) atoms. The number of ether oxygens (including phenoxy) is 2. The third kappa shape index (κ3) is 8.91. The minimum atomic E-state index is -0.433. The zero-order valence-electron chi connectivity index (χ0n) is 16.5. The lowest BCUT2D eigenvalue weighted by molar-refractivity contribution is 0.0215. The summed E-state index contributed by atoms with van der Waals surface area (Å²) >= 11 is 0. The van der Waals surface area contributed by atoms with Gasteiger partial charge >= 0.3 is 6.09 Å². The van der Waals surface area contributed by atoms with Crippen molar-refractivity contribution in [3.8, 4) is 0 Å². The molecule has 1 atom stereocenters. The molecule has 5 nitrogen and oxygen atoms in total. The average Bonchev–Trinajstić information content (AvgIpc) is 2.81. The van der Waals surface area contributed by atoms with E-state index in [1.54, 1.807) is 0 Å². The first-order valence-corrected chi connectivity index (χ1v) is 10.2. The lowest BCUT2D eigenvalue weighted by Crippen LogP contribution is -2.43. The number of hydrogen-bond donors (Lipinski definition) is 1. The standard InChI is InChI=1S/C20H38N2O3/c1-20(2,3)25-19(23)21-15-17-9-8-12-22(16-17)13-14-24-18-10-6-4-5-7-11-18/h17-18H,4-16H2,1-3H3,(H,21,23). The summed E-state index contributed by atoms with van der Waals surface area (Å²) in [6.07, 6.45) is 10.4. The molecule has 2 aliphatic rings. The van der Waals surface area contributed by atoms with Gasteiger partial charge in [-0.15, -0.1) is 0 Å². The second kappa shape index (κ2) is 10.4. The van der Waals surface area contributed by atoms with Gasteiger partial charge in [-0.1, -0.05) is 25.7 Å². The van der Waals surface area contributed by atoms with Crippen LogP contribution in [0.25, 0.3) is 0 Å². The lowest BCUT2D eigenvalue weighted by atomic mass is 9.98. The molecule has 146 valence electrons. The van der Waals surface area contributed by atoms with E-state index in [2.05, 4.69) is 10.2 Å². The second-order valence-electron chi connectivity index (χ2n) is 8.68. The molecule has 1 aliphatic heterocycles. The largest absolute Gasteiger partial charge is 0.444 e. The first-order valence-electron chi connectivity index (χ1n) is 10.2. The highest BCUT2D eigenvalue weighted by Crippen LogP contribution is 2.20. The van der Waals surface area contributed by atoms with E-state index in [4.69, 9.17) is 9.47 Å². The molecule has 0 aromatic carbocycles. The molecule has 1 saturated heterocycles. The maximum Gasteiger partial charge on any atom is 0.407 e. The fourth-order valence-electron chi connectivity index (χ4n) is 3.82. The van der Waals surface area contributed by atoms with Gasteiger partial charge in [0.05, 0.1) is 12.7 Å². The van der Waals surface area contributed by atoms with Gasteiger partial charge in [0.1, 0.15) is 5.60 Å². The summed E-state index contributed by atoms with van der Waals surface area (Å²) in [7, 11) is 0. The van der Waals surface area contributed by atoms with Crippen LogP contribution in [-0.4, -0.2) is 55.5 Å². The van der Waals surface area contributed by atoms with Crippen LogP contribution in [0.1, 0.15) is 72.1 Å². The highest BCUT2D eigenvalue weighted by Gasteiger charge is 2.22. The number of nitrogens with one attached hydrogen (secondary N) is 1. The third-order valence-corrected chi connectivity index (χ3v) is 5.10. The smallest absolute Gasteiger partial charge is 0.407 e. The fraction of sp³-hybridized carbons (Fsp3) is 0.950. The molecule has 1 unspecified atom stereocenters. The Kier molecular flexibility index (Phi) is 8.50. The Morgan fingerprint density at radius 2 is 1.80 bits per heavy atom. The predicted octanol–water partition coefficient (Wildman–Crippen LogP) is 3.96. The molecular weight excluding hydrogens is 316 g/mol. The average molecular weight is 355 g/mol. The van der Waals surface area contributed by atoms with Crippen molar-refractivity contribution >= 4 is 6.09 Å². The van der Waals surface area contributed by atoms with E-state index in [1.807, 2.05) is 20.8 Å². The molecule has 0 aromatic heterocycles. The summed E-state index contributed by atoms with van der Waals surface area (Å²) in [5.41, 5.74) is -0.433. The van der Waals surface area contributed by atoms with Crippen molar-refractivity contribution < 1.29 is 14.3 Å². The van der Waals surface area contributed by atoms with Gasteiger partial charge in [0.15, 0.2) is 0 Å². The summed E-state index contributed by atoms with van der Waals surface area (Å²) in [5.74, 6) is 0.513. The molecular formula is C20H38N2O3. The van der Waals surface area contributed by atoms with Gasteiger partial charge in [-0.2, -0.15) is 0 Å². The van der Waals surface area contributed by atoms with E-state index in [1.165, 1.54) is 51.4 Å². The molecule has 1 N–H and O–H groups in total. The Bertz CT molecular complexity index is 387. The van der Waals surface area contributed by atoms with E-state index >= 15 is 0 Å². The van der Waals surface area contributed by atoms with E-state index < -0.39 is 5.60 Å². The number of rotatable bonds is 6. The Morgan fingerprint density at radius 1 is 1.08 bits per heavy atom. The van der Waals surface area contributed by atoms with Gasteiger partial charge in [0, 0.05) is 19.6 Å². The van der Waals surface area contributed by atoms with Crippen LogP contribution < -0.4 is 5.32 Å². The Morgan fingerprint density at radius 3 is 2.48 bits per heavy atom. The van der Waals surface area contributed by atoms with E-state index in [9.17, 15) is 4.79 Å². The van der Waals surface area contributed by atoms with E-state index in [0.29, 0.717) is 18.6 Å².